The van der Waals surface area contributed by atoms with E-state index in [0.29, 0.717) is 16.4 Å². The van der Waals surface area contributed by atoms with Gasteiger partial charge in [-0.2, -0.15) is 4.52 Å². The van der Waals surface area contributed by atoms with E-state index >= 15 is 0 Å². The summed E-state index contributed by atoms with van der Waals surface area (Å²) in [4.78, 5) is 6.51. The summed E-state index contributed by atoms with van der Waals surface area (Å²) in [5.41, 5.74) is 3.05. The first-order valence-corrected chi connectivity index (χ1v) is 8.59. The van der Waals surface area contributed by atoms with Crippen molar-refractivity contribution in [3.05, 3.63) is 77.3 Å². The highest BCUT2D eigenvalue weighted by Crippen LogP contribution is 2.30. The summed E-state index contributed by atoms with van der Waals surface area (Å²) in [5, 5.41) is 15.8. The van der Waals surface area contributed by atoms with Crippen molar-refractivity contribution < 1.29 is 5.11 Å². The summed E-state index contributed by atoms with van der Waals surface area (Å²) >= 11 is 5.93. The van der Waals surface area contributed by atoms with Crippen molar-refractivity contribution in [1.29, 1.82) is 0 Å². The SMILES string of the molecule is CN(Cc1ccccc1)c1ccc2nc(-c3ccc(Cl)cc3)c(O)n2n1. The lowest BCUT2D eigenvalue weighted by atomic mass is 10.2. The Hall–Kier alpha value is -3.05. The summed E-state index contributed by atoms with van der Waals surface area (Å²) in [6.45, 7) is 0.721. The van der Waals surface area contributed by atoms with Crippen molar-refractivity contribution in [3.63, 3.8) is 0 Å². The number of benzene rings is 2. The smallest absolute Gasteiger partial charge is 0.241 e. The van der Waals surface area contributed by atoms with Gasteiger partial charge in [0.15, 0.2) is 5.65 Å². The van der Waals surface area contributed by atoms with E-state index in [0.717, 1.165) is 17.9 Å². The molecular weight excluding hydrogens is 348 g/mol. The molecule has 2 heterocycles. The second kappa shape index (κ2) is 6.69. The molecule has 0 fully saturated rings. The number of hydrogen-bond acceptors (Lipinski definition) is 4. The van der Waals surface area contributed by atoms with Crippen LogP contribution in [0.25, 0.3) is 16.9 Å². The van der Waals surface area contributed by atoms with Crippen LogP contribution >= 0.6 is 11.6 Å². The van der Waals surface area contributed by atoms with Crippen LogP contribution in [0.1, 0.15) is 5.56 Å². The summed E-state index contributed by atoms with van der Waals surface area (Å²) in [6.07, 6.45) is 0. The number of anilines is 1. The van der Waals surface area contributed by atoms with Crippen LogP contribution in [0.3, 0.4) is 0 Å². The fourth-order valence-corrected chi connectivity index (χ4v) is 2.98. The number of aromatic nitrogens is 3. The second-order valence-corrected chi connectivity index (χ2v) is 6.53. The molecule has 0 aliphatic rings. The minimum absolute atomic E-state index is 0.0114. The van der Waals surface area contributed by atoms with Gasteiger partial charge in [-0.15, -0.1) is 5.10 Å². The fourth-order valence-electron chi connectivity index (χ4n) is 2.86. The van der Waals surface area contributed by atoms with E-state index < -0.39 is 0 Å². The van der Waals surface area contributed by atoms with E-state index in [4.69, 9.17) is 11.6 Å². The van der Waals surface area contributed by atoms with Crippen LogP contribution < -0.4 is 4.90 Å². The third kappa shape index (κ3) is 3.09. The first-order valence-electron chi connectivity index (χ1n) is 8.21. The molecule has 0 spiro atoms. The first kappa shape index (κ1) is 16.4. The van der Waals surface area contributed by atoms with Gasteiger partial charge in [0.05, 0.1) is 0 Å². The van der Waals surface area contributed by atoms with Crippen LogP contribution in [-0.4, -0.2) is 26.8 Å². The lowest BCUT2D eigenvalue weighted by Gasteiger charge is -2.18. The van der Waals surface area contributed by atoms with Crippen molar-refractivity contribution >= 4 is 23.1 Å². The molecule has 2 aromatic heterocycles. The summed E-state index contributed by atoms with van der Waals surface area (Å²) in [5.74, 6) is 0.758. The van der Waals surface area contributed by atoms with Gasteiger partial charge in [-0.25, -0.2) is 4.98 Å². The summed E-state index contributed by atoms with van der Waals surface area (Å²) in [7, 11) is 1.97. The van der Waals surface area contributed by atoms with E-state index in [-0.39, 0.29) is 5.88 Å². The molecule has 4 rings (SSSR count). The summed E-state index contributed by atoms with van der Waals surface area (Å²) in [6, 6.07) is 21.1. The maximum absolute atomic E-state index is 10.6. The number of halogens is 1. The number of imidazole rings is 1. The number of hydrogen-bond donors (Lipinski definition) is 1. The van der Waals surface area contributed by atoms with Crippen molar-refractivity contribution in [1.82, 2.24) is 14.6 Å². The zero-order chi connectivity index (χ0) is 18.1. The number of fused-ring (bicyclic) bond motifs is 1. The molecule has 0 saturated carbocycles. The molecule has 6 heteroatoms. The lowest BCUT2D eigenvalue weighted by Crippen LogP contribution is -2.18. The molecule has 0 atom stereocenters. The minimum Gasteiger partial charge on any atom is -0.492 e. The van der Waals surface area contributed by atoms with Crippen LogP contribution in [0.5, 0.6) is 5.88 Å². The fraction of sp³-hybridized carbons (Fsp3) is 0.100. The monoisotopic (exact) mass is 364 g/mol. The topological polar surface area (TPSA) is 53.7 Å². The van der Waals surface area contributed by atoms with Crippen molar-refractivity contribution in [2.75, 3.05) is 11.9 Å². The summed E-state index contributed by atoms with van der Waals surface area (Å²) < 4.78 is 1.46. The predicted molar refractivity (Wildman–Crippen MR) is 104 cm³/mol. The first-order chi connectivity index (χ1) is 12.6. The van der Waals surface area contributed by atoms with Gasteiger partial charge in [0.1, 0.15) is 11.5 Å². The zero-order valence-electron chi connectivity index (χ0n) is 14.2. The molecule has 0 unspecified atom stereocenters. The Balaban J connectivity index is 1.69. The van der Waals surface area contributed by atoms with E-state index in [1.165, 1.54) is 10.1 Å². The zero-order valence-corrected chi connectivity index (χ0v) is 14.9. The van der Waals surface area contributed by atoms with Gasteiger partial charge < -0.3 is 10.0 Å². The van der Waals surface area contributed by atoms with Crippen molar-refractivity contribution in [2.24, 2.45) is 0 Å². The van der Waals surface area contributed by atoms with Crippen LogP contribution in [0.15, 0.2) is 66.7 Å². The molecule has 0 saturated heterocycles. The Morgan fingerprint density at radius 3 is 2.46 bits per heavy atom. The van der Waals surface area contributed by atoms with Gasteiger partial charge >= 0.3 is 0 Å². The lowest BCUT2D eigenvalue weighted by molar-refractivity contribution is 0.441. The third-order valence-electron chi connectivity index (χ3n) is 4.21. The molecule has 0 radical (unpaired) electrons. The van der Waals surface area contributed by atoms with Gasteiger partial charge in [0.2, 0.25) is 5.88 Å². The van der Waals surface area contributed by atoms with Gasteiger partial charge in [0.25, 0.3) is 0 Å². The maximum Gasteiger partial charge on any atom is 0.241 e. The number of nitrogens with zero attached hydrogens (tertiary/aromatic N) is 4. The van der Waals surface area contributed by atoms with Gasteiger partial charge in [-0.1, -0.05) is 54.1 Å². The van der Waals surface area contributed by atoms with Crippen LogP contribution in [0, 0.1) is 0 Å². The molecule has 0 amide bonds. The largest absolute Gasteiger partial charge is 0.492 e. The number of aromatic hydroxyl groups is 1. The quantitative estimate of drug-likeness (QED) is 0.583. The van der Waals surface area contributed by atoms with E-state index in [1.54, 1.807) is 12.1 Å². The van der Waals surface area contributed by atoms with Crippen molar-refractivity contribution in [2.45, 2.75) is 6.54 Å². The van der Waals surface area contributed by atoms with Gasteiger partial charge in [-0.05, 0) is 29.8 Å². The average molecular weight is 365 g/mol. The number of rotatable bonds is 4. The van der Waals surface area contributed by atoms with Crippen LogP contribution in [0.4, 0.5) is 5.82 Å². The normalized spacial score (nSPS) is 11.0. The average Bonchev–Trinajstić information content (AvgIpc) is 2.99. The molecule has 0 bridgehead atoms. The van der Waals surface area contributed by atoms with Gasteiger partial charge in [-0.3, -0.25) is 0 Å². The Morgan fingerprint density at radius 1 is 1.00 bits per heavy atom. The molecule has 0 aliphatic heterocycles. The Labute approximate surface area is 156 Å². The predicted octanol–water partition coefficient (Wildman–Crippen LogP) is 4.39. The standard InChI is InChI=1S/C20H17ClN4O/c1-24(13-14-5-3-2-4-6-14)18-12-11-17-22-19(20(26)25(17)23-18)15-7-9-16(21)10-8-15/h2-12,26H,13H2,1H3. The Morgan fingerprint density at radius 2 is 1.73 bits per heavy atom. The Kier molecular flexibility index (Phi) is 4.22. The maximum atomic E-state index is 10.6. The molecule has 4 aromatic rings. The van der Waals surface area contributed by atoms with Gasteiger partial charge in [0, 0.05) is 24.2 Å². The molecule has 5 nitrogen and oxygen atoms in total. The molecule has 2 aromatic carbocycles. The highest BCUT2D eigenvalue weighted by Gasteiger charge is 2.15. The molecule has 0 aliphatic carbocycles. The molecule has 130 valence electrons. The molecule has 26 heavy (non-hydrogen) atoms. The second-order valence-electron chi connectivity index (χ2n) is 6.09. The van der Waals surface area contributed by atoms with Crippen LogP contribution in [0.2, 0.25) is 5.02 Å². The highest BCUT2D eigenvalue weighted by molar-refractivity contribution is 6.30. The van der Waals surface area contributed by atoms with Crippen molar-refractivity contribution in [3.8, 4) is 17.1 Å². The van der Waals surface area contributed by atoms with E-state index in [2.05, 4.69) is 22.2 Å². The van der Waals surface area contributed by atoms with E-state index in [1.807, 2.05) is 54.4 Å². The van der Waals surface area contributed by atoms with Crippen LogP contribution in [-0.2, 0) is 6.54 Å². The molecule has 1 N–H and O–H groups in total. The minimum atomic E-state index is 0.0114. The van der Waals surface area contributed by atoms with E-state index in [9.17, 15) is 5.11 Å². The Bertz CT molecular complexity index is 1040. The third-order valence-corrected chi connectivity index (χ3v) is 4.46. The molecular formula is C20H17ClN4O. The highest BCUT2D eigenvalue weighted by atomic mass is 35.5.